The molecule has 17 heavy (non-hydrogen) atoms. The number of carbonyl (C=O) groups excluding carboxylic acids is 1. The van der Waals surface area contributed by atoms with E-state index in [4.69, 9.17) is 9.84 Å². The molecule has 1 aromatic rings. The molecule has 0 heterocycles. The van der Waals surface area contributed by atoms with Gasteiger partial charge < -0.3 is 9.84 Å². The number of esters is 1. The lowest BCUT2D eigenvalue weighted by Crippen LogP contribution is -2.23. The van der Waals surface area contributed by atoms with Gasteiger partial charge in [-0.05, 0) is 39.0 Å². The third kappa shape index (κ3) is 7.39. The highest BCUT2D eigenvalue weighted by atomic mass is 16.6. The Balaban J connectivity index is 0. The second-order valence-electron chi connectivity index (χ2n) is 4.05. The molecule has 1 rings (SSSR count). The average Bonchev–Trinajstić information content (AvgIpc) is 2.18. The molecule has 0 bridgehead atoms. The Morgan fingerprint density at radius 1 is 1.24 bits per heavy atom. The minimum Gasteiger partial charge on any atom is -0.508 e. The van der Waals surface area contributed by atoms with E-state index in [1.807, 2.05) is 13.8 Å². The lowest BCUT2D eigenvalue weighted by atomic mass is 10.1. The highest BCUT2D eigenvalue weighted by Gasteiger charge is 2.17. The summed E-state index contributed by atoms with van der Waals surface area (Å²) in [5.74, 6) is -0.359. The molecule has 0 aromatic heterocycles. The van der Waals surface area contributed by atoms with Gasteiger partial charge in [-0.1, -0.05) is 27.3 Å². The van der Waals surface area contributed by atoms with E-state index in [-0.39, 0.29) is 13.2 Å². The normalized spacial score (nSPS) is 9.47. The fourth-order valence-electron chi connectivity index (χ4n) is 0.970. The predicted molar refractivity (Wildman–Crippen MR) is 71.4 cm³/mol. The number of aromatic hydroxyl groups is 1. The summed E-state index contributed by atoms with van der Waals surface area (Å²) in [6.07, 6.45) is 0. The first-order valence-corrected chi connectivity index (χ1v) is 5.41. The van der Waals surface area contributed by atoms with Crippen LogP contribution in [0.5, 0.6) is 5.75 Å². The maximum absolute atomic E-state index is 11.5. The molecular weight excluding hydrogens is 216 g/mol. The average molecular weight is 240 g/mol. The second kappa shape index (κ2) is 7.71. The van der Waals surface area contributed by atoms with Crippen LogP contribution in [0.25, 0.3) is 0 Å². The summed E-state index contributed by atoms with van der Waals surface area (Å²) in [6, 6.07) is 6.10. The van der Waals surface area contributed by atoms with E-state index < -0.39 is 11.6 Å². The molecule has 0 saturated heterocycles. The number of ether oxygens (including phenoxy) is 1. The molecule has 1 aromatic carbocycles. The van der Waals surface area contributed by atoms with Crippen molar-refractivity contribution in [2.45, 2.75) is 47.6 Å². The Bertz CT molecular complexity index is 338. The lowest BCUT2D eigenvalue weighted by molar-refractivity contribution is 0.00691. The zero-order valence-electron chi connectivity index (χ0n) is 10.6. The van der Waals surface area contributed by atoms with Crippen molar-refractivity contribution in [2.75, 3.05) is 0 Å². The van der Waals surface area contributed by atoms with Crippen molar-refractivity contribution in [3.63, 3.8) is 0 Å². The van der Waals surface area contributed by atoms with Gasteiger partial charge in [0.25, 0.3) is 0 Å². The van der Waals surface area contributed by atoms with E-state index in [1.165, 1.54) is 12.1 Å². The van der Waals surface area contributed by atoms with Crippen molar-refractivity contribution < 1.29 is 14.6 Å². The number of hydrogen-bond donors (Lipinski definition) is 1. The molecule has 0 saturated carbocycles. The standard InChI is InChI=1S/C11H14O3.C2H6.CH4/c1-11(2,3)14-10(13)8-5-4-6-9(12)7-8;1-2;/h4-7,12H,1-3H3;1-2H3;1H4. The van der Waals surface area contributed by atoms with Crippen molar-refractivity contribution >= 4 is 5.97 Å². The molecule has 0 spiro atoms. The molecular formula is C14H24O3. The highest BCUT2D eigenvalue weighted by Crippen LogP contribution is 2.15. The summed E-state index contributed by atoms with van der Waals surface area (Å²) < 4.78 is 5.13. The number of rotatable bonds is 1. The van der Waals surface area contributed by atoms with Gasteiger partial charge in [-0.15, -0.1) is 0 Å². The van der Waals surface area contributed by atoms with E-state index in [1.54, 1.807) is 32.9 Å². The topological polar surface area (TPSA) is 46.5 Å². The van der Waals surface area contributed by atoms with Crippen molar-refractivity contribution in [3.05, 3.63) is 29.8 Å². The third-order valence-electron chi connectivity index (χ3n) is 1.48. The summed E-state index contributed by atoms with van der Waals surface area (Å²) in [7, 11) is 0. The maximum Gasteiger partial charge on any atom is 0.338 e. The molecule has 0 aliphatic rings. The van der Waals surface area contributed by atoms with E-state index in [2.05, 4.69) is 0 Å². The first-order valence-electron chi connectivity index (χ1n) is 5.41. The monoisotopic (exact) mass is 240 g/mol. The highest BCUT2D eigenvalue weighted by molar-refractivity contribution is 5.90. The number of phenolic OH excluding ortho intramolecular Hbond substituents is 1. The van der Waals surface area contributed by atoms with Crippen LogP contribution in [0, 0.1) is 0 Å². The fraction of sp³-hybridized carbons (Fsp3) is 0.500. The number of phenols is 1. The minimum absolute atomic E-state index is 0. The molecule has 0 fully saturated rings. The van der Waals surface area contributed by atoms with Gasteiger partial charge in [-0.25, -0.2) is 4.79 Å². The summed E-state index contributed by atoms with van der Waals surface area (Å²) in [5, 5.41) is 9.15. The van der Waals surface area contributed by atoms with E-state index in [0.717, 1.165) is 0 Å². The van der Waals surface area contributed by atoms with Gasteiger partial charge in [0, 0.05) is 0 Å². The van der Waals surface area contributed by atoms with Gasteiger partial charge in [-0.3, -0.25) is 0 Å². The van der Waals surface area contributed by atoms with Crippen LogP contribution in [0.1, 0.15) is 52.4 Å². The van der Waals surface area contributed by atoms with Gasteiger partial charge in [0.1, 0.15) is 11.4 Å². The number of hydrogen-bond acceptors (Lipinski definition) is 3. The summed E-state index contributed by atoms with van der Waals surface area (Å²) >= 11 is 0. The van der Waals surface area contributed by atoms with Gasteiger partial charge in [-0.2, -0.15) is 0 Å². The van der Waals surface area contributed by atoms with Crippen LogP contribution in [-0.4, -0.2) is 16.7 Å². The van der Waals surface area contributed by atoms with Crippen molar-refractivity contribution in [2.24, 2.45) is 0 Å². The molecule has 0 aliphatic heterocycles. The Labute approximate surface area is 104 Å². The molecule has 1 N–H and O–H groups in total. The second-order valence-corrected chi connectivity index (χ2v) is 4.05. The Hall–Kier alpha value is -1.51. The largest absolute Gasteiger partial charge is 0.508 e. The number of benzene rings is 1. The van der Waals surface area contributed by atoms with E-state index in [0.29, 0.717) is 5.56 Å². The minimum atomic E-state index is -0.511. The van der Waals surface area contributed by atoms with E-state index in [9.17, 15) is 4.79 Å². The molecule has 0 unspecified atom stereocenters. The van der Waals surface area contributed by atoms with Crippen molar-refractivity contribution in [3.8, 4) is 5.75 Å². The third-order valence-corrected chi connectivity index (χ3v) is 1.48. The molecule has 0 radical (unpaired) electrons. The van der Waals surface area contributed by atoms with Crippen LogP contribution in [0.4, 0.5) is 0 Å². The molecule has 0 aliphatic carbocycles. The Morgan fingerprint density at radius 3 is 2.18 bits per heavy atom. The Kier molecular flexibility index (Phi) is 8.11. The van der Waals surface area contributed by atoms with Gasteiger partial charge in [0.15, 0.2) is 0 Å². The SMILES string of the molecule is C.CC.CC(C)(C)OC(=O)c1cccc(O)c1. The Morgan fingerprint density at radius 2 is 1.76 bits per heavy atom. The van der Waals surface area contributed by atoms with Crippen LogP contribution >= 0.6 is 0 Å². The molecule has 3 heteroatoms. The summed E-state index contributed by atoms with van der Waals surface area (Å²) in [4.78, 5) is 11.5. The first-order chi connectivity index (χ1) is 7.38. The quantitative estimate of drug-likeness (QED) is 0.754. The first kappa shape index (κ1) is 17.9. The molecule has 0 atom stereocenters. The van der Waals surface area contributed by atoms with Crippen LogP contribution < -0.4 is 0 Å². The number of carbonyl (C=O) groups is 1. The maximum atomic E-state index is 11.5. The molecule has 98 valence electrons. The summed E-state index contributed by atoms with van der Waals surface area (Å²) in [6.45, 7) is 9.40. The predicted octanol–water partition coefficient (Wildman–Crippen LogP) is 4.01. The molecule has 3 nitrogen and oxygen atoms in total. The van der Waals surface area contributed by atoms with Crippen LogP contribution in [0.3, 0.4) is 0 Å². The van der Waals surface area contributed by atoms with Gasteiger partial charge in [0.2, 0.25) is 0 Å². The van der Waals surface area contributed by atoms with Crippen LogP contribution in [-0.2, 0) is 4.74 Å². The molecule has 0 amide bonds. The van der Waals surface area contributed by atoms with E-state index >= 15 is 0 Å². The zero-order chi connectivity index (χ0) is 12.8. The summed E-state index contributed by atoms with van der Waals surface area (Å²) in [5.41, 5.74) is -0.150. The smallest absolute Gasteiger partial charge is 0.338 e. The lowest BCUT2D eigenvalue weighted by Gasteiger charge is -2.19. The fourth-order valence-corrected chi connectivity index (χ4v) is 0.970. The van der Waals surface area contributed by atoms with Crippen molar-refractivity contribution in [1.82, 2.24) is 0 Å². The van der Waals surface area contributed by atoms with Gasteiger partial charge in [0.05, 0.1) is 5.56 Å². The van der Waals surface area contributed by atoms with Crippen LogP contribution in [0.2, 0.25) is 0 Å². The van der Waals surface area contributed by atoms with Gasteiger partial charge >= 0.3 is 5.97 Å². The zero-order valence-corrected chi connectivity index (χ0v) is 10.6. The van der Waals surface area contributed by atoms with Crippen LogP contribution in [0.15, 0.2) is 24.3 Å². The van der Waals surface area contributed by atoms with Crippen molar-refractivity contribution in [1.29, 1.82) is 0 Å².